The molecule has 2 aromatic carbocycles. The van der Waals surface area contributed by atoms with Crippen molar-refractivity contribution in [1.29, 1.82) is 0 Å². The number of carbonyl (C=O) groups excluding carboxylic acids is 4. The highest BCUT2D eigenvalue weighted by Gasteiger charge is 2.55. The SMILES string of the molecule is COc1cc(/C=C2\SC(=O)N(CC(=O)Nc3cc(Cl)ccc3C)C2=O)ccc1OC(=O)C12CC3CC(CC(C3)C1)C2. The van der Waals surface area contributed by atoms with Crippen molar-refractivity contribution >= 4 is 58.1 Å². The highest BCUT2D eigenvalue weighted by atomic mass is 35.5. The lowest BCUT2D eigenvalue weighted by Crippen LogP contribution is -2.51. The van der Waals surface area contributed by atoms with Crippen LogP contribution in [-0.2, 0) is 14.4 Å². The van der Waals surface area contributed by atoms with Crippen LogP contribution >= 0.6 is 23.4 Å². The van der Waals surface area contributed by atoms with Crippen LogP contribution in [0, 0.1) is 30.1 Å². The topological polar surface area (TPSA) is 102 Å². The fraction of sp³-hybridized carbons (Fsp3) is 0.419. The second kappa shape index (κ2) is 10.8. The van der Waals surface area contributed by atoms with E-state index in [9.17, 15) is 19.2 Å². The molecule has 0 radical (unpaired) electrons. The highest BCUT2D eigenvalue weighted by molar-refractivity contribution is 8.18. The normalized spacial score (nSPS) is 27.4. The zero-order chi connectivity index (χ0) is 28.9. The summed E-state index contributed by atoms with van der Waals surface area (Å²) < 4.78 is 11.5. The van der Waals surface area contributed by atoms with Crippen LogP contribution in [0.3, 0.4) is 0 Å². The van der Waals surface area contributed by atoms with Gasteiger partial charge in [-0.1, -0.05) is 23.7 Å². The molecule has 0 spiro atoms. The van der Waals surface area contributed by atoms with E-state index in [1.54, 1.807) is 42.5 Å². The summed E-state index contributed by atoms with van der Waals surface area (Å²) in [4.78, 5) is 52.7. The van der Waals surface area contributed by atoms with Gasteiger partial charge >= 0.3 is 5.97 Å². The number of amides is 3. The average molecular weight is 595 g/mol. The Morgan fingerprint density at radius 1 is 1.05 bits per heavy atom. The van der Waals surface area contributed by atoms with E-state index in [1.165, 1.54) is 26.4 Å². The predicted molar refractivity (Wildman–Crippen MR) is 157 cm³/mol. The second-order valence-corrected chi connectivity index (χ2v) is 13.2. The summed E-state index contributed by atoms with van der Waals surface area (Å²) in [5, 5.41) is 2.63. The molecule has 1 heterocycles. The number of hydrogen-bond acceptors (Lipinski definition) is 7. The molecule has 5 fully saturated rings. The van der Waals surface area contributed by atoms with E-state index in [0.717, 1.165) is 41.5 Å². The molecule has 4 bridgehead atoms. The molecule has 7 rings (SSSR count). The molecule has 5 aliphatic rings. The number of halogens is 1. The Morgan fingerprint density at radius 2 is 1.73 bits per heavy atom. The van der Waals surface area contributed by atoms with Crippen molar-refractivity contribution in [3.63, 3.8) is 0 Å². The van der Waals surface area contributed by atoms with E-state index in [2.05, 4.69) is 5.32 Å². The van der Waals surface area contributed by atoms with Crippen LogP contribution in [-0.4, -0.2) is 41.6 Å². The molecule has 4 aliphatic carbocycles. The Balaban J connectivity index is 1.13. The second-order valence-electron chi connectivity index (χ2n) is 11.8. The highest BCUT2D eigenvalue weighted by Crippen LogP contribution is 2.60. The maximum absolute atomic E-state index is 13.4. The number of benzene rings is 2. The van der Waals surface area contributed by atoms with E-state index >= 15 is 0 Å². The predicted octanol–water partition coefficient (Wildman–Crippen LogP) is 6.45. The fourth-order valence-corrected chi connectivity index (χ4v) is 8.29. The molecule has 41 heavy (non-hydrogen) atoms. The van der Waals surface area contributed by atoms with Crippen molar-refractivity contribution in [2.75, 3.05) is 19.0 Å². The van der Waals surface area contributed by atoms with E-state index in [4.69, 9.17) is 21.1 Å². The zero-order valence-corrected chi connectivity index (χ0v) is 24.5. The van der Waals surface area contributed by atoms with Crippen molar-refractivity contribution in [1.82, 2.24) is 4.90 Å². The van der Waals surface area contributed by atoms with Crippen molar-refractivity contribution < 1.29 is 28.7 Å². The fourth-order valence-electron chi connectivity index (χ4n) is 7.28. The van der Waals surface area contributed by atoms with Crippen LogP contribution < -0.4 is 14.8 Å². The van der Waals surface area contributed by atoms with Gasteiger partial charge in [-0.05, 0) is 116 Å². The van der Waals surface area contributed by atoms with Gasteiger partial charge in [0, 0.05) is 10.7 Å². The van der Waals surface area contributed by atoms with Gasteiger partial charge in [0.05, 0.1) is 17.4 Å². The van der Waals surface area contributed by atoms with E-state index in [-0.39, 0.29) is 10.9 Å². The number of nitrogens with zero attached hydrogens (tertiary/aromatic N) is 1. The summed E-state index contributed by atoms with van der Waals surface area (Å²) in [5.41, 5.74) is 1.52. The maximum atomic E-state index is 13.4. The average Bonchev–Trinajstić information content (AvgIpc) is 3.17. The number of methoxy groups -OCH3 is 1. The van der Waals surface area contributed by atoms with Crippen LogP contribution in [0.5, 0.6) is 11.5 Å². The Bertz CT molecular complexity index is 1450. The third-order valence-corrected chi connectivity index (χ3v) is 9.95. The van der Waals surface area contributed by atoms with Crippen LogP contribution in [0.25, 0.3) is 6.08 Å². The minimum absolute atomic E-state index is 0.171. The van der Waals surface area contributed by atoms with Crippen molar-refractivity contribution in [2.45, 2.75) is 45.4 Å². The number of esters is 1. The van der Waals surface area contributed by atoms with Crippen LogP contribution in [0.1, 0.15) is 49.7 Å². The third-order valence-electron chi connectivity index (χ3n) is 8.81. The van der Waals surface area contributed by atoms with Crippen molar-refractivity contribution in [3.05, 3.63) is 57.5 Å². The summed E-state index contributed by atoms with van der Waals surface area (Å²) in [7, 11) is 1.50. The lowest BCUT2D eigenvalue weighted by Gasteiger charge is -2.55. The maximum Gasteiger partial charge on any atom is 0.317 e. The quantitative estimate of drug-likeness (QED) is 0.223. The summed E-state index contributed by atoms with van der Waals surface area (Å²) in [5.74, 6) is 1.34. The first kappa shape index (κ1) is 27.8. The molecule has 3 amide bonds. The molecule has 0 atom stereocenters. The van der Waals surface area contributed by atoms with Gasteiger partial charge in [-0.3, -0.25) is 24.1 Å². The number of anilines is 1. The van der Waals surface area contributed by atoms with Gasteiger partial charge in [0.1, 0.15) is 6.54 Å². The number of nitrogens with one attached hydrogen (secondary N) is 1. The van der Waals surface area contributed by atoms with Gasteiger partial charge in [0.2, 0.25) is 5.91 Å². The first-order valence-electron chi connectivity index (χ1n) is 13.8. The monoisotopic (exact) mass is 594 g/mol. The summed E-state index contributed by atoms with van der Waals surface area (Å²) >= 11 is 6.78. The molecule has 0 unspecified atom stereocenters. The van der Waals surface area contributed by atoms with E-state index in [1.807, 2.05) is 6.92 Å². The smallest absolute Gasteiger partial charge is 0.317 e. The standard InChI is InChI=1S/C31H31ClN2O6S/c1-17-3-5-22(32)12-23(17)33-27(35)16-34-28(36)26(41-30(34)38)11-18-4-6-24(25(10-18)39-2)40-29(37)31-13-19-7-20(14-31)9-21(8-19)15-31/h3-6,10-12,19-21H,7-9,13-16H2,1-2H3,(H,33,35)/b26-11-. The molecule has 2 aromatic rings. The molecule has 1 N–H and O–H groups in total. The lowest BCUT2D eigenvalue weighted by atomic mass is 9.49. The van der Waals surface area contributed by atoms with E-state index in [0.29, 0.717) is 45.5 Å². The lowest BCUT2D eigenvalue weighted by molar-refractivity contribution is -0.161. The number of ether oxygens (including phenoxy) is 2. The van der Waals surface area contributed by atoms with Gasteiger partial charge in [0.15, 0.2) is 11.5 Å². The van der Waals surface area contributed by atoms with Gasteiger partial charge in [-0.25, -0.2) is 0 Å². The third kappa shape index (κ3) is 5.49. The molecule has 10 heteroatoms. The molecule has 1 aliphatic heterocycles. The molecule has 4 saturated carbocycles. The van der Waals surface area contributed by atoms with Crippen LogP contribution in [0.4, 0.5) is 10.5 Å². The first-order valence-corrected chi connectivity index (χ1v) is 15.0. The molecular weight excluding hydrogens is 564 g/mol. The Morgan fingerprint density at radius 3 is 2.39 bits per heavy atom. The summed E-state index contributed by atoms with van der Waals surface area (Å²) in [6, 6.07) is 10.1. The Hall–Kier alpha value is -3.30. The van der Waals surface area contributed by atoms with E-state index < -0.39 is 29.0 Å². The van der Waals surface area contributed by atoms with Gasteiger partial charge in [0.25, 0.3) is 11.1 Å². The number of thioether (sulfide) groups is 1. The van der Waals surface area contributed by atoms with Crippen molar-refractivity contribution in [2.24, 2.45) is 23.2 Å². The molecular formula is C31H31ClN2O6S. The number of hydrogen-bond donors (Lipinski definition) is 1. The number of imide groups is 1. The molecule has 0 aromatic heterocycles. The number of aryl methyl sites for hydroxylation is 1. The van der Waals surface area contributed by atoms with Crippen LogP contribution in [0.15, 0.2) is 41.3 Å². The zero-order valence-electron chi connectivity index (χ0n) is 22.9. The number of carbonyl (C=O) groups is 4. The van der Waals surface area contributed by atoms with Crippen molar-refractivity contribution in [3.8, 4) is 11.5 Å². The summed E-state index contributed by atoms with van der Waals surface area (Å²) in [6.45, 7) is 1.40. The Kier molecular flexibility index (Phi) is 7.36. The van der Waals surface area contributed by atoms with Gasteiger partial charge in [-0.2, -0.15) is 0 Å². The number of rotatable bonds is 7. The minimum atomic E-state index is -0.561. The minimum Gasteiger partial charge on any atom is -0.493 e. The first-order chi connectivity index (χ1) is 19.6. The summed E-state index contributed by atoms with van der Waals surface area (Å²) in [6.07, 6.45) is 8.00. The van der Waals surface area contributed by atoms with Crippen LogP contribution in [0.2, 0.25) is 5.02 Å². The molecule has 8 nitrogen and oxygen atoms in total. The molecule has 1 saturated heterocycles. The Labute approximate surface area is 247 Å². The largest absolute Gasteiger partial charge is 0.493 e. The molecule has 214 valence electrons. The van der Waals surface area contributed by atoms with Gasteiger partial charge in [-0.15, -0.1) is 0 Å². The van der Waals surface area contributed by atoms with Gasteiger partial charge < -0.3 is 14.8 Å².